The molecule has 0 spiro atoms. The molecule has 4 aromatic carbocycles. The Morgan fingerprint density at radius 1 is 0.955 bits per heavy atom. The van der Waals surface area contributed by atoms with Crippen LogP contribution in [-0.4, -0.2) is 34.2 Å². The average molecular weight is 777 g/mol. The molecular weight excluding hydrogens is 755 g/mol. The number of thioether (sulfide) groups is 1. The summed E-state index contributed by atoms with van der Waals surface area (Å²) in [6.07, 6.45) is 1.79. The third-order valence-electron chi connectivity index (χ3n) is 6.41. The van der Waals surface area contributed by atoms with Crippen molar-refractivity contribution in [2.75, 3.05) is 7.11 Å². The monoisotopic (exact) mass is 774 g/mol. The van der Waals surface area contributed by atoms with E-state index in [1.54, 1.807) is 54.5 Å². The van der Waals surface area contributed by atoms with Crippen LogP contribution in [0.3, 0.4) is 0 Å². The van der Waals surface area contributed by atoms with Gasteiger partial charge in [0, 0.05) is 0 Å². The van der Waals surface area contributed by atoms with Gasteiger partial charge in [-0.15, -0.1) is 0 Å². The van der Waals surface area contributed by atoms with Crippen LogP contribution in [0.2, 0.25) is 10.0 Å². The van der Waals surface area contributed by atoms with Gasteiger partial charge in [0.25, 0.3) is 5.91 Å². The Bertz CT molecular complexity index is 1770. The predicted molar refractivity (Wildman–Crippen MR) is 182 cm³/mol. The maximum Gasteiger partial charge on any atom is 0.335 e. The smallest absolute Gasteiger partial charge is 0.335 e. The van der Waals surface area contributed by atoms with E-state index in [4.69, 9.17) is 37.7 Å². The molecule has 1 saturated heterocycles. The minimum absolute atomic E-state index is 0.170. The maximum absolute atomic E-state index is 13.7. The Morgan fingerprint density at radius 3 is 2.23 bits per heavy atom. The molecule has 1 amide bonds. The number of carboxylic acids is 1. The summed E-state index contributed by atoms with van der Waals surface area (Å²) in [7, 11) is 1.59. The summed E-state index contributed by atoms with van der Waals surface area (Å²) in [6, 6.07) is 22.7. The van der Waals surface area contributed by atoms with Crippen LogP contribution in [0.1, 0.15) is 27.0 Å². The highest BCUT2D eigenvalue weighted by molar-refractivity contribution is 9.11. The summed E-state index contributed by atoms with van der Waals surface area (Å²) in [5.41, 5.74) is 3.21. The lowest BCUT2D eigenvalue weighted by Gasteiger charge is -2.16. The fourth-order valence-corrected chi connectivity index (χ4v) is 6.94. The SMILES string of the molecule is COc1ccc(N=C2S/C(=C\c3cc(Br)c(OCc4ccc(Cl)c(Cl)c4)c(Br)c3)C(=O)N2Cc2ccc(C(=O)O)cc2)cc1. The second-order valence-corrected chi connectivity index (χ2v) is 13.0. The van der Waals surface area contributed by atoms with Crippen molar-refractivity contribution in [1.82, 2.24) is 4.90 Å². The van der Waals surface area contributed by atoms with Crippen LogP contribution in [0, 0.1) is 0 Å². The van der Waals surface area contributed by atoms with Crippen LogP contribution < -0.4 is 9.47 Å². The van der Waals surface area contributed by atoms with Gasteiger partial charge in [-0.05, 0) is 127 Å². The van der Waals surface area contributed by atoms with Crippen LogP contribution in [0.25, 0.3) is 6.08 Å². The number of hydrogen-bond acceptors (Lipinski definition) is 6. The number of halogens is 4. The number of nitrogens with zero attached hydrogens (tertiary/aromatic N) is 2. The molecule has 0 unspecified atom stereocenters. The number of aromatic carboxylic acids is 1. The number of carbonyl (C=O) groups is 2. The standard InChI is InChI=1S/C32H22Br2Cl2N2O5S/c1-42-23-9-7-22(8-10-23)37-32-38(16-18-2-5-21(6-3-18)31(40)41)30(39)28(44-32)15-20-12-24(33)29(25(34)13-20)43-17-19-4-11-26(35)27(36)14-19/h2-15H,16-17H2,1H3,(H,40,41)/b28-15-,37-32?. The normalized spacial score (nSPS) is 14.8. The zero-order valence-electron chi connectivity index (χ0n) is 22.9. The van der Waals surface area contributed by atoms with Gasteiger partial charge < -0.3 is 14.6 Å². The zero-order valence-corrected chi connectivity index (χ0v) is 28.4. The van der Waals surface area contributed by atoms with Gasteiger partial charge >= 0.3 is 5.97 Å². The highest BCUT2D eigenvalue weighted by Crippen LogP contribution is 2.39. The van der Waals surface area contributed by atoms with E-state index < -0.39 is 5.97 Å². The van der Waals surface area contributed by atoms with Gasteiger partial charge in [-0.1, -0.05) is 41.4 Å². The highest BCUT2D eigenvalue weighted by Gasteiger charge is 2.33. The van der Waals surface area contributed by atoms with Crippen molar-refractivity contribution in [3.8, 4) is 11.5 Å². The van der Waals surface area contributed by atoms with E-state index in [9.17, 15) is 14.7 Å². The molecule has 5 rings (SSSR count). The van der Waals surface area contributed by atoms with Crippen LogP contribution in [-0.2, 0) is 17.9 Å². The number of hydrogen-bond donors (Lipinski definition) is 1. The van der Waals surface area contributed by atoms with Crippen molar-refractivity contribution in [2.24, 2.45) is 4.99 Å². The zero-order chi connectivity index (χ0) is 31.4. The maximum atomic E-state index is 13.7. The van der Waals surface area contributed by atoms with Gasteiger partial charge in [-0.25, -0.2) is 9.79 Å². The molecule has 7 nitrogen and oxygen atoms in total. The lowest BCUT2D eigenvalue weighted by atomic mass is 10.1. The molecule has 0 bridgehead atoms. The van der Waals surface area contributed by atoms with Gasteiger partial charge in [0.1, 0.15) is 18.1 Å². The van der Waals surface area contributed by atoms with E-state index in [1.807, 2.05) is 30.3 Å². The number of amides is 1. The van der Waals surface area contributed by atoms with Gasteiger partial charge in [0.2, 0.25) is 0 Å². The number of amidine groups is 1. The number of aliphatic imine (C=N–C) groups is 1. The highest BCUT2D eigenvalue weighted by atomic mass is 79.9. The van der Waals surface area contributed by atoms with Crippen molar-refractivity contribution >= 4 is 95.6 Å². The van der Waals surface area contributed by atoms with E-state index in [0.29, 0.717) is 46.2 Å². The van der Waals surface area contributed by atoms with Crippen molar-refractivity contribution in [3.05, 3.63) is 125 Å². The largest absolute Gasteiger partial charge is 0.497 e. The number of carbonyl (C=O) groups excluding carboxylic acids is 1. The van der Waals surface area contributed by atoms with Gasteiger partial charge in [-0.2, -0.15) is 0 Å². The molecule has 1 N–H and O–H groups in total. The van der Waals surface area contributed by atoms with Gasteiger partial charge in [-0.3, -0.25) is 9.69 Å². The Labute approximate surface area is 284 Å². The first-order valence-electron chi connectivity index (χ1n) is 12.9. The molecule has 1 aliphatic rings. The van der Waals surface area contributed by atoms with Crippen LogP contribution in [0.15, 0.2) is 97.7 Å². The van der Waals surface area contributed by atoms with E-state index in [2.05, 4.69) is 31.9 Å². The second kappa shape index (κ2) is 14.2. The molecular formula is C32H22Br2Cl2N2O5S. The quantitative estimate of drug-likeness (QED) is 0.171. The first-order chi connectivity index (χ1) is 21.1. The molecule has 0 radical (unpaired) electrons. The molecule has 0 saturated carbocycles. The van der Waals surface area contributed by atoms with E-state index in [-0.39, 0.29) is 24.6 Å². The lowest BCUT2D eigenvalue weighted by Crippen LogP contribution is -2.28. The van der Waals surface area contributed by atoms with Gasteiger partial charge in [0.05, 0.1) is 48.8 Å². The fraction of sp³-hybridized carbons (Fsp3) is 0.0938. The molecule has 12 heteroatoms. The fourth-order valence-electron chi connectivity index (χ4n) is 4.17. The predicted octanol–water partition coefficient (Wildman–Crippen LogP) is 9.61. The Morgan fingerprint density at radius 2 is 1.61 bits per heavy atom. The third-order valence-corrected chi connectivity index (χ3v) is 9.34. The van der Waals surface area contributed by atoms with E-state index >= 15 is 0 Å². The van der Waals surface area contributed by atoms with Crippen LogP contribution in [0.4, 0.5) is 5.69 Å². The topological polar surface area (TPSA) is 88.4 Å². The molecule has 0 atom stereocenters. The summed E-state index contributed by atoms with van der Waals surface area (Å²) in [6.45, 7) is 0.489. The first kappa shape index (κ1) is 32.1. The van der Waals surface area contributed by atoms with Crippen LogP contribution >= 0.6 is 66.8 Å². The number of carboxylic acid groups (broad SMARTS) is 1. The summed E-state index contributed by atoms with van der Waals surface area (Å²) in [5, 5.41) is 10.7. The molecule has 224 valence electrons. The molecule has 4 aromatic rings. The number of ether oxygens (including phenoxy) is 2. The van der Waals surface area contributed by atoms with Crippen molar-refractivity contribution in [1.29, 1.82) is 0 Å². The second-order valence-electron chi connectivity index (χ2n) is 9.45. The average Bonchev–Trinajstić information content (AvgIpc) is 3.27. The molecule has 0 aromatic heterocycles. The van der Waals surface area contributed by atoms with E-state index in [0.717, 1.165) is 16.7 Å². The minimum Gasteiger partial charge on any atom is -0.497 e. The summed E-state index contributed by atoms with van der Waals surface area (Å²) in [4.78, 5) is 31.8. The molecule has 44 heavy (non-hydrogen) atoms. The summed E-state index contributed by atoms with van der Waals surface area (Å²) >= 11 is 20.6. The molecule has 0 aliphatic carbocycles. The first-order valence-corrected chi connectivity index (χ1v) is 16.1. The Balaban J connectivity index is 1.41. The minimum atomic E-state index is -1.01. The molecule has 1 aliphatic heterocycles. The van der Waals surface area contributed by atoms with Crippen molar-refractivity contribution in [3.63, 3.8) is 0 Å². The van der Waals surface area contributed by atoms with Gasteiger partial charge in [0.15, 0.2) is 5.17 Å². The lowest BCUT2D eigenvalue weighted by molar-refractivity contribution is -0.122. The van der Waals surface area contributed by atoms with Crippen molar-refractivity contribution < 1.29 is 24.2 Å². The molecule has 1 fully saturated rings. The number of methoxy groups -OCH3 is 1. The Kier molecular flexibility index (Phi) is 10.4. The van der Waals surface area contributed by atoms with Crippen LogP contribution in [0.5, 0.6) is 11.5 Å². The molecule has 1 heterocycles. The summed E-state index contributed by atoms with van der Waals surface area (Å²) in [5.74, 6) is 0.0497. The van der Waals surface area contributed by atoms with E-state index in [1.165, 1.54) is 23.9 Å². The third kappa shape index (κ3) is 7.68. The number of rotatable bonds is 9. The van der Waals surface area contributed by atoms with Crippen molar-refractivity contribution in [2.45, 2.75) is 13.2 Å². The number of benzene rings is 4. The summed E-state index contributed by atoms with van der Waals surface area (Å²) < 4.78 is 12.7. The Hall–Kier alpha value is -3.28.